The van der Waals surface area contributed by atoms with Crippen LogP contribution in [-0.4, -0.2) is 29.0 Å². The Morgan fingerprint density at radius 3 is 2.77 bits per heavy atom. The van der Waals surface area contributed by atoms with E-state index in [0.29, 0.717) is 18.2 Å². The lowest BCUT2D eigenvalue weighted by Crippen LogP contribution is -2.41. The number of para-hydroxylation sites is 1. The molecule has 1 atom stereocenters. The number of rotatable bonds is 5. The molecule has 1 saturated heterocycles. The maximum absolute atomic E-state index is 12.9. The highest BCUT2D eigenvalue weighted by Crippen LogP contribution is 2.32. The van der Waals surface area contributed by atoms with E-state index in [1.165, 1.54) is 0 Å². The number of anilines is 2. The third kappa shape index (κ3) is 4.59. The lowest BCUT2D eigenvalue weighted by molar-refractivity contribution is -0.120. The molecule has 0 bridgehead atoms. The van der Waals surface area contributed by atoms with Crippen molar-refractivity contribution in [3.05, 3.63) is 72.1 Å². The first-order valence-corrected chi connectivity index (χ1v) is 10.3. The third-order valence-electron chi connectivity index (χ3n) is 5.32. The minimum atomic E-state index is -0.118. The summed E-state index contributed by atoms with van der Waals surface area (Å²) in [6, 6.07) is 15.7. The summed E-state index contributed by atoms with van der Waals surface area (Å²) in [4.78, 5) is 23.9. The average molecular weight is 402 g/mol. The molecule has 6 nitrogen and oxygen atoms in total. The van der Waals surface area contributed by atoms with Gasteiger partial charge in [-0.2, -0.15) is 0 Å². The fourth-order valence-electron chi connectivity index (χ4n) is 3.73. The van der Waals surface area contributed by atoms with Gasteiger partial charge >= 0.3 is 0 Å². The molecule has 0 spiro atoms. The van der Waals surface area contributed by atoms with Crippen molar-refractivity contribution in [2.45, 2.75) is 26.7 Å². The first kappa shape index (κ1) is 19.9. The summed E-state index contributed by atoms with van der Waals surface area (Å²) in [5.74, 6) is 1.81. The highest BCUT2D eigenvalue weighted by molar-refractivity contribution is 5.93. The molecule has 1 aliphatic heterocycles. The lowest BCUT2D eigenvalue weighted by atomic mass is 9.97. The van der Waals surface area contributed by atoms with Gasteiger partial charge in [0, 0.05) is 31.2 Å². The number of nitrogens with one attached hydrogen (secondary N) is 1. The van der Waals surface area contributed by atoms with Crippen molar-refractivity contribution in [2.75, 3.05) is 23.3 Å². The van der Waals surface area contributed by atoms with E-state index in [2.05, 4.69) is 20.2 Å². The number of piperidine rings is 1. The van der Waals surface area contributed by atoms with E-state index in [1.54, 1.807) is 12.4 Å². The van der Waals surface area contributed by atoms with Gasteiger partial charge in [-0.1, -0.05) is 30.3 Å². The minimum Gasteiger partial charge on any atom is -0.436 e. The van der Waals surface area contributed by atoms with Gasteiger partial charge in [-0.25, -0.2) is 9.97 Å². The van der Waals surface area contributed by atoms with Gasteiger partial charge in [0.2, 0.25) is 5.91 Å². The maximum Gasteiger partial charge on any atom is 0.263 e. The SMILES string of the molecule is Cc1cccc(NC(=O)[C@@H]2CCCN(c3nccnc3Oc3ccccc3C)C2)c1. The van der Waals surface area contributed by atoms with Gasteiger partial charge < -0.3 is 15.0 Å². The van der Waals surface area contributed by atoms with E-state index in [1.807, 2.05) is 62.4 Å². The predicted octanol–water partition coefficient (Wildman–Crippen LogP) is 4.74. The van der Waals surface area contributed by atoms with E-state index in [9.17, 15) is 4.79 Å². The summed E-state index contributed by atoms with van der Waals surface area (Å²) in [5, 5.41) is 3.05. The summed E-state index contributed by atoms with van der Waals surface area (Å²) in [7, 11) is 0. The molecular weight excluding hydrogens is 376 g/mol. The van der Waals surface area contributed by atoms with Crippen molar-refractivity contribution in [1.82, 2.24) is 9.97 Å². The number of aryl methyl sites for hydroxylation is 2. The molecule has 1 N–H and O–H groups in total. The molecule has 6 heteroatoms. The van der Waals surface area contributed by atoms with Crippen molar-refractivity contribution < 1.29 is 9.53 Å². The summed E-state index contributed by atoms with van der Waals surface area (Å²) in [5.41, 5.74) is 2.99. The second-order valence-electron chi connectivity index (χ2n) is 7.70. The van der Waals surface area contributed by atoms with Crippen molar-refractivity contribution >= 4 is 17.4 Å². The number of carbonyl (C=O) groups is 1. The van der Waals surface area contributed by atoms with Crippen molar-refractivity contribution in [3.63, 3.8) is 0 Å². The smallest absolute Gasteiger partial charge is 0.263 e. The molecule has 1 amide bonds. The van der Waals surface area contributed by atoms with Crippen molar-refractivity contribution in [2.24, 2.45) is 5.92 Å². The Morgan fingerprint density at radius 1 is 1.10 bits per heavy atom. The fourth-order valence-corrected chi connectivity index (χ4v) is 3.73. The Balaban J connectivity index is 1.49. The zero-order chi connectivity index (χ0) is 20.9. The summed E-state index contributed by atoms with van der Waals surface area (Å²) in [6.45, 7) is 5.41. The number of hydrogen-bond donors (Lipinski definition) is 1. The van der Waals surface area contributed by atoms with Crippen LogP contribution in [0.2, 0.25) is 0 Å². The van der Waals surface area contributed by atoms with Crippen LogP contribution in [0.3, 0.4) is 0 Å². The zero-order valence-electron chi connectivity index (χ0n) is 17.3. The molecule has 0 saturated carbocycles. The second kappa shape index (κ2) is 8.95. The van der Waals surface area contributed by atoms with Gasteiger partial charge in [0.25, 0.3) is 5.88 Å². The quantitative estimate of drug-likeness (QED) is 0.668. The van der Waals surface area contributed by atoms with Crippen LogP contribution < -0.4 is 15.0 Å². The van der Waals surface area contributed by atoms with Gasteiger partial charge in [-0.15, -0.1) is 0 Å². The van der Waals surface area contributed by atoms with Crippen LogP contribution in [0.4, 0.5) is 11.5 Å². The zero-order valence-corrected chi connectivity index (χ0v) is 17.3. The van der Waals surface area contributed by atoms with Crippen LogP contribution >= 0.6 is 0 Å². The normalized spacial score (nSPS) is 16.2. The van der Waals surface area contributed by atoms with Gasteiger partial charge in [-0.3, -0.25) is 4.79 Å². The average Bonchev–Trinajstić information content (AvgIpc) is 2.76. The highest BCUT2D eigenvalue weighted by atomic mass is 16.5. The van der Waals surface area contributed by atoms with E-state index < -0.39 is 0 Å². The second-order valence-corrected chi connectivity index (χ2v) is 7.70. The number of ether oxygens (including phenoxy) is 1. The van der Waals surface area contributed by atoms with Gasteiger partial charge in [-0.05, 0) is 56.0 Å². The predicted molar refractivity (Wildman–Crippen MR) is 118 cm³/mol. The minimum absolute atomic E-state index is 0.0376. The van der Waals surface area contributed by atoms with Crippen LogP contribution in [0.5, 0.6) is 11.6 Å². The number of aromatic nitrogens is 2. The molecule has 1 aromatic heterocycles. The van der Waals surface area contributed by atoms with Crippen LogP contribution in [-0.2, 0) is 4.79 Å². The molecule has 0 unspecified atom stereocenters. The summed E-state index contributed by atoms with van der Waals surface area (Å²) >= 11 is 0. The molecule has 0 aliphatic carbocycles. The molecule has 0 radical (unpaired) electrons. The van der Waals surface area contributed by atoms with E-state index in [4.69, 9.17) is 4.74 Å². The maximum atomic E-state index is 12.9. The Morgan fingerprint density at radius 2 is 1.93 bits per heavy atom. The van der Waals surface area contributed by atoms with Crippen molar-refractivity contribution in [3.8, 4) is 11.6 Å². The van der Waals surface area contributed by atoms with E-state index >= 15 is 0 Å². The monoisotopic (exact) mass is 402 g/mol. The number of hydrogen-bond acceptors (Lipinski definition) is 5. The number of carbonyl (C=O) groups excluding carboxylic acids is 1. The first-order chi connectivity index (χ1) is 14.6. The molecule has 3 aromatic rings. The fraction of sp³-hybridized carbons (Fsp3) is 0.292. The molecule has 30 heavy (non-hydrogen) atoms. The molecule has 1 fully saturated rings. The Labute approximate surface area is 176 Å². The van der Waals surface area contributed by atoms with Crippen LogP contribution in [0.1, 0.15) is 24.0 Å². The number of amides is 1. The standard InChI is InChI=1S/C24H26N4O2/c1-17-7-5-10-20(15-17)27-23(29)19-9-6-14-28(16-19)22-24(26-13-12-25-22)30-21-11-4-3-8-18(21)2/h3-5,7-8,10-13,15,19H,6,9,14,16H2,1-2H3,(H,27,29)/t19-/m1/s1. The number of benzene rings is 2. The molecule has 2 aromatic carbocycles. The first-order valence-electron chi connectivity index (χ1n) is 10.3. The van der Waals surface area contributed by atoms with Gasteiger partial charge in [0.05, 0.1) is 5.92 Å². The van der Waals surface area contributed by atoms with Crippen LogP contribution in [0.15, 0.2) is 60.9 Å². The summed E-state index contributed by atoms with van der Waals surface area (Å²) < 4.78 is 6.08. The Kier molecular flexibility index (Phi) is 5.93. The Bertz CT molecular complexity index is 1040. The largest absolute Gasteiger partial charge is 0.436 e. The molecule has 2 heterocycles. The topological polar surface area (TPSA) is 67.4 Å². The molecule has 4 rings (SSSR count). The van der Waals surface area contributed by atoms with E-state index in [-0.39, 0.29) is 11.8 Å². The van der Waals surface area contributed by atoms with Gasteiger partial charge in [0.15, 0.2) is 5.82 Å². The highest BCUT2D eigenvalue weighted by Gasteiger charge is 2.28. The Hall–Kier alpha value is -3.41. The molecular formula is C24H26N4O2. The van der Waals surface area contributed by atoms with Crippen molar-refractivity contribution in [1.29, 1.82) is 0 Å². The van der Waals surface area contributed by atoms with Crippen LogP contribution in [0, 0.1) is 19.8 Å². The third-order valence-corrected chi connectivity index (χ3v) is 5.32. The number of nitrogens with zero attached hydrogens (tertiary/aromatic N) is 3. The van der Waals surface area contributed by atoms with Crippen LogP contribution in [0.25, 0.3) is 0 Å². The lowest BCUT2D eigenvalue weighted by Gasteiger charge is -2.33. The summed E-state index contributed by atoms with van der Waals surface area (Å²) in [6.07, 6.45) is 5.05. The van der Waals surface area contributed by atoms with E-state index in [0.717, 1.165) is 42.0 Å². The molecule has 1 aliphatic rings. The van der Waals surface area contributed by atoms with Gasteiger partial charge in [0.1, 0.15) is 5.75 Å². The molecule has 154 valence electrons.